The molecule has 52 valence electrons. The molecule has 0 aliphatic rings. The van der Waals surface area contributed by atoms with Gasteiger partial charge in [0.15, 0.2) is 0 Å². The summed E-state index contributed by atoms with van der Waals surface area (Å²) >= 11 is 10.8. The van der Waals surface area contributed by atoms with Gasteiger partial charge in [0.1, 0.15) is 16.0 Å². The van der Waals surface area contributed by atoms with E-state index in [1.807, 2.05) is 0 Å². The molecule has 10 heavy (non-hydrogen) atoms. The third kappa shape index (κ3) is 1.65. The van der Waals surface area contributed by atoms with Crippen LogP contribution in [0.2, 0.25) is 5.15 Å². The molecule has 5 heteroatoms. The summed E-state index contributed by atoms with van der Waals surface area (Å²) in [6, 6.07) is 0. The molecule has 0 spiro atoms. The highest BCUT2D eigenvalue weighted by Gasteiger charge is 1.98. The van der Waals surface area contributed by atoms with Crippen LogP contribution in [0.25, 0.3) is 0 Å². The highest BCUT2D eigenvalue weighted by Crippen LogP contribution is 2.03. The summed E-state index contributed by atoms with van der Waals surface area (Å²) in [7, 11) is 0. The van der Waals surface area contributed by atoms with Crippen LogP contribution < -0.4 is 0 Å². The summed E-state index contributed by atoms with van der Waals surface area (Å²) in [5.74, 6) is 0. The Morgan fingerprint density at radius 3 is 2.60 bits per heavy atom. The number of rotatable bonds is 1. The Kier molecular flexibility index (Phi) is 2.19. The van der Waals surface area contributed by atoms with Crippen molar-refractivity contribution >= 4 is 28.4 Å². The molecule has 0 saturated heterocycles. The molecule has 1 aromatic heterocycles. The van der Waals surface area contributed by atoms with Crippen molar-refractivity contribution in [3.8, 4) is 0 Å². The van der Waals surface area contributed by atoms with Gasteiger partial charge in [-0.25, -0.2) is 4.98 Å². The van der Waals surface area contributed by atoms with E-state index in [1.54, 1.807) is 0 Å². The molecule has 1 N–H and O–H groups in total. The fourth-order valence-electron chi connectivity index (χ4n) is 0.448. The van der Waals surface area contributed by atoms with Crippen LogP contribution in [0.15, 0.2) is 12.4 Å². The number of hydrogen-bond donors (Lipinski definition) is 1. The van der Waals surface area contributed by atoms with Gasteiger partial charge >= 0.3 is 0 Å². The molecule has 0 aliphatic heterocycles. The minimum absolute atomic E-state index is 0.157. The second-order valence-electron chi connectivity index (χ2n) is 1.54. The van der Waals surface area contributed by atoms with Crippen molar-refractivity contribution in [2.75, 3.05) is 0 Å². The van der Waals surface area contributed by atoms with E-state index in [-0.39, 0.29) is 16.0 Å². The Morgan fingerprint density at radius 2 is 2.20 bits per heavy atom. The maximum Gasteiger partial charge on any atom is 0.148 e. The molecule has 0 saturated carbocycles. The van der Waals surface area contributed by atoms with Crippen LogP contribution in [0.5, 0.6) is 0 Å². The smallest absolute Gasteiger partial charge is 0.148 e. The number of nitrogens with one attached hydrogen (secondary N) is 1. The van der Waals surface area contributed by atoms with Gasteiger partial charge in [-0.1, -0.05) is 23.2 Å². The lowest BCUT2D eigenvalue weighted by Gasteiger charge is -1.92. The first-order valence-electron chi connectivity index (χ1n) is 2.42. The van der Waals surface area contributed by atoms with Crippen LogP contribution in [-0.4, -0.2) is 15.1 Å². The first-order chi connectivity index (χ1) is 4.70. The van der Waals surface area contributed by atoms with Crippen LogP contribution in [0, 0.1) is 5.41 Å². The fourth-order valence-corrected chi connectivity index (χ4v) is 0.686. The predicted octanol–water partition coefficient (Wildman–Crippen LogP) is 1.69. The molecular weight excluding hydrogens is 173 g/mol. The molecule has 0 atom stereocenters. The lowest BCUT2D eigenvalue weighted by Crippen LogP contribution is -1.94. The van der Waals surface area contributed by atoms with Crippen LogP contribution in [0.1, 0.15) is 5.69 Å². The van der Waals surface area contributed by atoms with E-state index in [4.69, 9.17) is 28.6 Å². The second kappa shape index (κ2) is 2.94. The molecule has 0 aromatic carbocycles. The first kappa shape index (κ1) is 7.44. The Labute approximate surface area is 67.5 Å². The minimum atomic E-state index is -0.157. The van der Waals surface area contributed by atoms with Crippen molar-refractivity contribution in [2.45, 2.75) is 0 Å². The van der Waals surface area contributed by atoms with Crippen molar-refractivity contribution in [1.29, 1.82) is 5.41 Å². The molecule has 0 bridgehead atoms. The van der Waals surface area contributed by atoms with Crippen molar-refractivity contribution in [2.24, 2.45) is 0 Å². The lowest BCUT2D eigenvalue weighted by molar-refractivity contribution is 1.18. The maximum absolute atomic E-state index is 6.94. The summed E-state index contributed by atoms with van der Waals surface area (Å²) < 4.78 is 0. The van der Waals surface area contributed by atoms with Gasteiger partial charge in [0.2, 0.25) is 0 Å². The summed E-state index contributed by atoms with van der Waals surface area (Å²) in [6.45, 7) is 0. The van der Waals surface area contributed by atoms with E-state index in [2.05, 4.69) is 9.97 Å². The largest absolute Gasteiger partial charge is 0.287 e. The summed E-state index contributed by atoms with van der Waals surface area (Å²) in [5.41, 5.74) is 0.286. The van der Waals surface area contributed by atoms with Crippen LogP contribution in [0.3, 0.4) is 0 Å². The Balaban J connectivity index is 3.07. The minimum Gasteiger partial charge on any atom is -0.287 e. The maximum atomic E-state index is 6.94. The van der Waals surface area contributed by atoms with E-state index < -0.39 is 0 Å². The molecule has 1 rings (SSSR count). The third-order valence-corrected chi connectivity index (χ3v) is 1.21. The molecule has 0 radical (unpaired) electrons. The SMILES string of the molecule is N=C(Cl)c1cncc(Cl)n1. The second-order valence-corrected chi connectivity index (χ2v) is 2.31. The standard InChI is InChI=1S/C5H3Cl2N3/c6-4-2-9-1-3(10-4)5(7)8/h1-2,8H. The zero-order chi connectivity index (χ0) is 7.56. The molecule has 3 nitrogen and oxygen atoms in total. The van der Waals surface area contributed by atoms with E-state index in [0.29, 0.717) is 0 Å². The van der Waals surface area contributed by atoms with Gasteiger partial charge in [-0.15, -0.1) is 0 Å². The molecule has 0 fully saturated rings. The van der Waals surface area contributed by atoms with Gasteiger partial charge in [0, 0.05) is 0 Å². The van der Waals surface area contributed by atoms with Gasteiger partial charge < -0.3 is 0 Å². The summed E-state index contributed by atoms with van der Waals surface area (Å²) in [5, 5.41) is 7.02. The number of hydrogen-bond acceptors (Lipinski definition) is 3. The topological polar surface area (TPSA) is 49.6 Å². The molecule has 0 aliphatic carbocycles. The van der Waals surface area contributed by atoms with Crippen LogP contribution in [-0.2, 0) is 0 Å². The van der Waals surface area contributed by atoms with E-state index in [9.17, 15) is 0 Å². The molecular formula is C5H3Cl2N3. The third-order valence-electron chi connectivity index (χ3n) is 0.830. The van der Waals surface area contributed by atoms with E-state index in [0.717, 1.165) is 0 Å². The van der Waals surface area contributed by atoms with E-state index >= 15 is 0 Å². The zero-order valence-electron chi connectivity index (χ0n) is 4.81. The monoisotopic (exact) mass is 175 g/mol. The van der Waals surface area contributed by atoms with Crippen molar-refractivity contribution in [1.82, 2.24) is 9.97 Å². The zero-order valence-corrected chi connectivity index (χ0v) is 6.32. The first-order valence-corrected chi connectivity index (χ1v) is 3.17. The normalized spacial score (nSPS) is 9.40. The molecule has 1 heterocycles. The van der Waals surface area contributed by atoms with Crippen LogP contribution >= 0.6 is 23.2 Å². The Bertz CT molecular complexity index is 261. The fraction of sp³-hybridized carbons (Fsp3) is 0. The number of halogens is 2. The van der Waals surface area contributed by atoms with Crippen molar-refractivity contribution in [3.05, 3.63) is 23.2 Å². The van der Waals surface area contributed by atoms with Crippen LogP contribution in [0.4, 0.5) is 0 Å². The average molecular weight is 176 g/mol. The molecule has 1 aromatic rings. The van der Waals surface area contributed by atoms with E-state index in [1.165, 1.54) is 12.4 Å². The summed E-state index contributed by atoms with van der Waals surface area (Å²) in [4.78, 5) is 7.40. The molecule has 0 amide bonds. The van der Waals surface area contributed by atoms with Gasteiger partial charge in [0.25, 0.3) is 0 Å². The Hall–Kier alpha value is -0.670. The van der Waals surface area contributed by atoms with Gasteiger partial charge in [-0.3, -0.25) is 10.4 Å². The van der Waals surface area contributed by atoms with Gasteiger partial charge in [-0.05, 0) is 0 Å². The van der Waals surface area contributed by atoms with Gasteiger partial charge in [0.05, 0.1) is 12.4 Å². The van der Waals surface area contributed by atoms with Crippen molar-refractivity contribution in [3.63, 3.8) is 0 Å². The molecule has 0 unspecified atom stereocenters. The lowest BCUT2D eigenvalue weighted by atomic mass is 10.5. The highest BCUT2D eigenvalue weighted by atomic mass is 35.5. The summed E-state index contributed by atoms with van der Waals surface area (Å²) in [6.07, 6.45) is 2.76. The van der Waals surface area contributed by atoms with Gasteiger partial charge in [-0.2, -0.15) is 0 Å². The average Bonchev–Trinajstić information content (AvgIpc) is 1.88. The Morgan fingerprint density at radius 1 is 1.50 bits per heavy atom. The highest BCUT2D eigenvalue weighted by molar-refractivity contribution is 6.68. The number of nitrogens with zero attached hydrogens (tertiary/aromatic N) is 2. The quantitative estimate of drug-likeness (QED) is 0.661. The van der Waals surface area contributed by atoms with Crippen molar-refractivity contribution < 1.29 is 0 Å². The predicted molar refractivity (Wildman–Crippen MR) is 39.7 cm³/mol. The number of aromatic nitrogens is 2.